The molecule has 9 heteroatoms. The van der Waals surface area contributed by atoms with Crippen LogP contribution in [0.1, 0.15) is 53.5 Å². The molecule has 7 nitrogen and oxygen atoms in total. The van der Waals surface area contributed by atoms with Crippen molar-refractivity contribution in [2.75, 3.05) is 0 Å². The highest BCUT2D eigenvalue weighted by Gasteiger charge is 2.29. The summed E-state index contributed by atoms with van der Waals surface area (Å²) in [6, 6.07) is 9.85. The molecular formula is C22H19FN4O3S. The standard InChI is InChI=1S/C22H19FN4O3S/c1-13(20-24-25-21(30-20)18-7-4-12-31-18)29-22(28)19-16-5-2-3-6-17(16)27(26-19)15-10-8-14(23)9-11-15/h4,7-13H,2-3,5-6H2,1H3/t13-/m1/s1. The largest absolute Gasteiger partial charge is 0.448 e. The number of nitrogens with zero attached hydrogens (tertiary/aromatic N) is 4. The zero-order chi connectivity index (χ0) is 21.4. The van der Waals surface area contributed by atoms with Crippen LogP contribution in [0.15, 0.2) is 46.2 Å². The molecule has 0 saturated carbocycles. The molecule has 1 atom stereocenters. The Labute approximate surface area is 181 Å². The first-order valence-corrected chi connectivity index (χ1v) is 10.9. The Morgan fingerprint density at radius 2 is 2.00 bits per heavy atom. The van der Waals surface area contributed by atoms with Gasteiger partial charge in [-0.25, -0.2) is 13.9 Å². The van der Waals surface area contributed by atoms with Gasteiger partial charge in [0.2, 0.25) is 0 Å². The summed E-state index contributed by atoms with van der Waals surface area (Å²) in [7, 11) is 0. The summed E-state index contributed by atoms with van der Waals surface area (Å²) < 4.78 is 26.4. The number of aromatic nitrogens is 4. The third kappa shape index (κ3) is 3.76. The lowest BCUT2D eigenvalue weighted by atomic mass is 9.95. The molecule has 0 fully saturated rings. The number of hydrogen-bond acceptors (Lipinski definition) is 7. The summed E-state index contributed by atoms with van der Waals surface area (Å²) in [6.45, 7) is 1.69. The van der Waals surface area contributed by atoms with Crippen molar-refractivity contribution in [3.05, 3.63) is 70.4 Å². The molecular weight excluding hydrogens is 419 g/mol. The number of ether oxygens (including phenoxy) is 1. The second-order valence-electron chi connectivity index (χ2n) is 7.34. The number of rotatable bonds is 5. The predicted molar refractivity (Wildman–Crippen MR) is 112 cm³/mol. The van der Waals surface area contributed by atoms with Crippen LogP contribution in [0, 0.1) is 5.82 Å². The third-order valence-electron chi connectivity index (χ3n) is 5.25. The van der Waals surface area contributed by atoms with Crippen molar-refractivity contribution in [1.82, 2.24) is 20.0 Å². The SMILES string of the molecule is C[C@@H](OC(=O)c1nn(-c2ccc(F)cc2)c2c1CCCC2)c1nnc(-c2cccs2)o1. The van der Waals surface area contributed by atoms with Crippen LogP contribution in [0.5, 0.6) is 0 Å². The van der Waals surface area contributed by atoms with E-state index in [1.54, 1.807) is 23.7 Å². The number of fused-ring (bicyclic) bond motifs is 1. The Bertz CT molecular complexity index is 1210. The van der Waals surface area contributed by atoms with Crippen LogP contribution in [-0.4, -0.2) is 25.9 Å². The molecule has 0 spiro atoms. The monoisotopic (exact) mass is 438 g/mol. The molecule has 1 aliphatic rings. The van der Waals surface area contributed by atoms with Crippen LogP contribution in [0.25, 0.3) is 16.5 Å². The lowest BCUT2D eigenvalue weighted by Gasteiger charge is -2.14. The van der Waals surface area contributed by atoms with Gasteiger partial charge in [-0.3, -0.25) is 0 Å². The van der Waals surface area contributed by atoms with E-state index in [0.29, 0.717) is 11.6 Å². The number of benzene rings is 1. The fourth-order valence-electron chi connectivity index (χ4n) is 3.72. The van der Waals surface area contributed by atoms with E-state index < -0.39 is 12.1 Å². The fourth-order valence-corrected chi connectivity index (χ4v) is 4.37. The molecule has 158 valence electrons. The number of hydrogen-bond donors (Lipinski definition) is 0. The molecule has 1 aromatic carbocycles. The summed E-state index contributed by atoms with van der Waals surface area (Å²) in [6.07, 6.45) is 2.82. The van der Waals surface area contributed by atoms with Crippen molar-refractivity contribution in [3.8, 4) is 16.5 Å². The van der Waals surface area contributed by atoms with Crippen molar-refractivity contribution >= 4 is 17.3 Å². The van der Waals surface area contributed by atoms with Crippen molar-refractivity contribution in [2.45, 2.75) is 38.7 Å². The zero-order valence-electron chi connectivity index (χ0n) is 16.7. The van der Waals surface area contributed by atoms with E-state index >= 15 is 0 Å². The van der Waals surface area contributed by atoms with E-state index in [-0.39, 0.29) is 17.4 Å². The molecule has 0 bridgehead atoms. The number of esters is 1. The van der Waals surface area contributed by atoms with Gasteiger partial charge in [-0.1, -0.05) is 6.07 Å². The normalized spacial score (nSPS) is 14.3. The lowest BCUT2D eigenvalue weighted by Crippen LogP contribution is -2.13. The van der Waals surface area contributed by atoms with Crippen LogP contribution in [-0.2, 0) is 17.6 Å². The zero-order valence-corrected chi connectivity index (χ0v) is 17.6. The van der Waals surface area contributed by atoms with Crippen LogP contribution in [0.4, 0.5) is 4.39 Å². The van der Waals surface area contributed by atoms with E-state index in [9.17, 15) is 9.18 Å². The van der Waals surface area contributed by atoms with Gasteiger partial charge in [0.25, 0.3) is 11.8 Å². The molecule has 4 aromatic rings. The predicted octanol–water partition coefficient (Wildman–Crippen LogP) is 4.92. The highest BCUT2D eigenvalue weighted by atomic mass is 32.1. The first kappa shape index (κ1) is 19.6. The van der Waals surface area contributed by atoms with Gasteiger partial charge in [-0.05, 0) is 68.3 Å². The van der Waals surface area contributed by atoms with Gasteiger partial charge in [0.15, 0.2) is 11.8 Å². The Balaban J connectivity index is 1.41. The maximum atomic E-state index is 13.3. The minimum atomic E-state index is -0.719. The topological polar surface area (TPSA) is 83.0 Å². The second-order valence-corrected chi connectivity index (χ2v) is 8.29. The second kappa shape index (κ2) is 8.07. The molecule has 0 unspecified atom stereocenters. The minimum Gasteiger partial charge on any atom is -0.448 e. The molecule has 0 saturated heterocycles. The van der Waals surface area contributed by atoms with Crippen molar-refractivity contribution in [3.63, 3.8) is 0 Å². The van der Waals surface area contributed by atoms with Crippen molar-refractivity contribution in [2.24, 2.45) is 0 Å². The molecule has 1 aliphatic carbocycles. The fraction of sp³-hybridized carbons (Fsp3) is 0.273. The molecule has 5 rings (SSSR count). The molecule has 31 heavy (non-hydrogen) atoms. The first-order chi connectivity index (χ1) is 15.1. The molecule has 3 heterocycles. The number of thiophene rings is 1. The Morgan fingerprint density at radius 3 is 2.77 bits per heavy atom. The van der Waals surface area contributed by atoms with Crippen LogP contribution in [0.2, 0.25) is 0 Å². The van der Waals surface area contributed by atoms with Crippen molar-refractivity contribution in [1.29, 1.82) is 0 Å². The van der Waals surface area contributed by atoms with Crippen molar-refractivity contribution < 1.29 is 18.3 Å². The average Bonchev–Trinajstić information content (AvgIpc) is 3.53. The van der Waals surface area contributed by atoms with Gasteiger partial charge in [0.1, 0.15) is 5.82 Å². The number of halogens is 1. The van der Waals surface area contributed by atoms with Gasteiger partial charge >= 0.3 is 5.97 Å². The van der Waals surface area contributed by atoms with Gasteiger partial charge in [0.05, 0.1) is 10.6 Å². The maximum Gasteiger partial charge on any atom is 0.359 e. The number of carbonyl (C=O) groups is 1. The molecule has 0 radical (unpaired) electrons. The molecule has 0 amide bonds. The Hall–Kier alpha value is -3.33. The van der Waals surface area contributed by atoms with E-state index in [0.717, 1.165) is 41.8 Å². The number of carbonyl (C=O) groups excluding carboxylic acids is 1. The average molecular weight is 438 g/mol. The summed E-state index contributed by atoms with van der Waals surface area (Å²) in [5, 5.41) is 14.5. The summed E-state index contributed by atoms with van der Waals surface area (Å²) >= 11 is 1.49. The highest BCUT2D eigenvalue weighted by molar-refractivity contribution is 7.13. The summed E-state index contributed by atoms with van der Waals surface area (Å²) in [4.78, 5) is 13.8. The summed E-state index contributed by atoms with van der Waals surface area (Å²) in [5.41, 5.74) is 2.85. The Kier molecular flexibility index (Phi) is 5.11. The van der Waals surface area contributed by atoms with E-state index in [4.69, 9.17) is 9.15 Å². The lowest BCUT2D eigenvalue weighted by molar-refractivity contribution is 0.0271. The molecule has 0 N–H and O–H groups in total. The smallest absolute Gasteiger partial charge is 0.359 e. The summed E-state index contributed by atoms with van der Waals surface area (Å²) in [5.74, 6) is -0.239. The molecule has 0 aliphatic heterocycles. The Morgan fingerprint density at radius 1 is 1.19 bits per heavy atom. The van der Waals surface area contributed by atoms with Crippen LogP contribution >= 0.6 is 11.3 Å². The van der Waals surface area contributed by atoms with Gasteiger partial charge < -0.3 is 9.15 Å². The van der Waals surface area contributed by atoms with Gasteiger partial charge in [0, 0.05) is 11.3 Å². The van der Waals surface area contributed by atoms with Crippen LogP contribution < -0.4 is 0 Å². The molecule has 3 aromatic heterocycles. The van der Waals surface area contributed by atoms with E-state index in [1.165, 1.54) is 23.5 Å². The van der Waals surface area contributed by atoms with E-state index in [1.807, 2.05) is 17.5 Å². The van der Waals surface area contributed by atoms with Gasteiger partial charge in [-0.2, -0.15) is 5.10 Å². The third-order valence-corrected chi connectivity index (χ3v) is 6.11. The highest BCUT2D eigenvalue weighted by Crippen LogP contribution is 2.30. The maximum absolute atomic E-state index is 13.3. The van der Waals surface area contributed by atoms with E-state index in [2.05, 4.69) is 15.3 Å². The quantitative estimate of drug-likeness (QED) is 0.411. The first-order valence-electron chi connectivity index (χ1n) is 10.0. The van der Waals surface area contributed by atoms with Crippen LogP contribution in [0.3, 0.4) is 0 Å². The van der Waals surface area contributed by atoms with Gasteiger partial charge in [-0.15, -0.1) is 21.5 Å². The minimum absolute atomic E-state index is 0.226.